The van der Waals surface area contributed by atoms with Gasteiger partial charge in [0.05, 0.1) is 20.0 Å². The zero-order chi connectivity index (χ0) is 27.8. The minimum atomic E-state index is -3.70. The van der Waals surface area contributed by atoms with Crippen LogP contribution in [0.3, 0.4) is 0 Å². The fourth-order valence-corrected chi connectivity index (χ4v) is 5.88. The van der Waals surface area contributed by atoms with Gasteiger partial charge in [0.15, 0.2) is 9.84 Å². The summed E-state index contributed by atoms with van der Waals surface area (Å²) in [5.41, 5.74) is 4.83. The molecular weight excluding hydrogens is 512 g/mol. The molecule has 0 saturated heterocycles. The molecule has 0 aliphatic rings. The minimum Gasteiger partial charge on any atom is -0.497 e. The van der Waals surface area contributed by atoms with Crippen molar-refractivity contribution >= 4 is 15.7 Å². The lowest BCUT2D eigenvalue weighted by molar-refractivity contribution is 0.0953. The van der Waals surface area contributed by atoms with Crippen molar-refractivity contribution in [3.05, 3.63) is 107 Å². The number of pyridine rings is 1. The number of carbonyl (C=O) groups excluding carboxylic acids is 1. The lowest BCUT2D eigenvalue weighted by Gasteiger charge is -2.13. The van der Waals surface area contributed by atoms with Crippen LogP contribution in [0.4, 0.5) is 0 Å². The van der Waals surface area contributed by atoms with Gasteiger partial charge in [-0.1, -0.05) is 36.4 Å². The van der Waals surface area contributed by atoms with Crippen LogP contribution < -0.4 is 14.8 Å². The van der Waals surface area contributed by atoms with Crippen LogP contribution in [-0.2, 0) is 22.0 Å². The molecule has 0 aliphatic heterocycles. The SMILES string of the molecule is COc1cccc(C(=O)NCCCc2cccc(CS(=O)(=O)c3cc(-c4cncc(C)c4)ccc3OC)c2)c1. The molecule has 202 valence electrons. The number of aromatic nitrogens is 1. The van der Waals surface area contributed by atoms with E-state index in [1.165, 1.54) is 7.11 Å². The fraction of sp³-hybridized carbons (Fsp3) is 0.226. The van der Waals surface area contributed by atoms with Crippen molar-refractivity contribution in [2.24, 2.45) is 0 Å². The quantitative estimate of drug-likeness (QED) is 0.254. The molecule has 7 nitrogen and oxygen atoms in total. The van der Waals surface area contributed by atoms with Gasteiger partial charge in [0.2, 0.25) is 0 Å². The predicted molar refractivity (Wildman–Crippen MR) is 152 cm³/mol. The van der Waals surface area contributed by atoms with Gasteiger partial charge in [0.1, 0.15) is 16.4 Å². The van der Waals surface area contributed by atoms with E-state index in [2.05, 4.69) is 10.3 Å². The van der Waals surface area contributed by atoms with Gasteiger partial charge in [-0.05, 0) is 78.4 Å². The lowest BCUT2D eigenvalue weighted by atomic mass is 10.1. The number of nitrogens with one attached hydrogen (secondary N) is 1. The summed E-state index contributed by atoms with van der Waals surface area (Å²) >= 11 is 0. The Hall–Kier alpha value is -4.17. The summed E-state index contributed by atoms with van der Waals surface area (Å²) in [5, 5.41) is 2.92. The first-order chi connectivity index (χ1) is 18.8. The average molecular weight is 545 g/mol. The van der Waals surface area contributed by atoms with Gasteiger partial charge in [0.25, 0.3) is 5.91 Å². The molecule has 0 aliphatic carbocycles. The van der Waals surface area contributed by atoms with E-state index in [1.807, 2.05) is 43.3 Å². The molecule has 1 heterocycles. The molecule has 1 aromatic heterocycles. The van der Waals surface area contributed by atoms with Crippen LogP contribution in [0, 0.1) is 6.92 Å². The zero-order valence-corrected chi connectivity index (χ0v) is 23.1. The molecule has 39 heavy (non-hydrogen) atoms. The molecule has 3 aromatic carbocycles. The normalized spacial score (nSPS) is 11.2. The highest BCUT2D eigenvalue weighted by Gasteiger charge is 2.22. The van der Waals surface area contributed by atoms with Crippen molar-refractivity contribution in [3.8, 4) is 22.6 Å². The Morgan fingerprint density at radius 1 is 0.872 bits per heavy atom. The van der Waals surface area contributed by atoms with E-state index in [0.29, 0.717) is 42.0 Å². The Balaban J connectivity index is 1.42. The number of ether oxygens (including phenoxy) is 2. The van der Waals surface area contributed by atoms with E-state index in [-0.39, 0.29) is 16.6 Å². The predicted octanol–water partition coefficient (Wildman–Crippen LogP) is 5.41. The standard InChI is InChI=1S/C31H32N2O5S/c1-22-15-27(20-32-19-22)25-12-13-29(38-3)30(18-25)39(35,36)21-24-8-4-7-23(16-24)9-6-14-33-31(34)26-10-5-11-28(17-26)37-2/h4-5,7-8,10-13,15-20H,6,9,14,21H2,1-3H3,(H,33,34). The van der Waals surface area contributed by atoms with Crippen LogP contribution in [0.25, 0.3) is 11.1 Å². The van der Waals surface area contributed by atoms with Crippen molar-refractivity contribution in [1.29, 1.82) is 0 Å². The van der Waals surface area contributed by atoms with Crippen LogP contribution in [0.1, 0.15) is 33.5 Å². The first-order valence-electron chi connectivity index (χ1n) is 12.6. The summed E-state index contributed by atoms with van der Waals surface area (Å²) < 4.78 is 37.6. The van der Waals surface area contributed by atoms with Gasteiger partial charge in [-0.2, -0.15) is 0 Å². The maximum absolute atomic E-state index is 13.5. The second kappa shape index (κ2) is 12.6. The first-order valence-corrected chi connectivity index (χ1v) is 14.3. The van der Waals surface area contributed by atoms with E-state index in [0.717, 1.165) is 22.3 Å². The number of sulfone groups is 1. The summed E-state index contributed by atoms with van der Waals surface area (Å²) in [4.78, 5) is 16.8. The number of methoxy groups -OCH3 is 2. The number of amides is 1. The lowest BCUT2D eigenvalue weighted by Crippen LogP contribution is -2.24. The van der Waals surface area contributed by atoms with Crippen LogP contribution in [0.2, 0.25) is 0 Å². The molecule has 0 radical (unpaired) electrons. The molecule has 0 atom stereocenters. The molecule has 0 bridgehead atoms. The Kier molecular flexibility index (Phi) is 8.99. The topological polar surface area (TPSA) is 94.6 Å². The maximum Gasteiger partial charge on any atom is 0.251 e. The second-order valence-corrected chi connectivity index (χ2v) is 11.2. The van der Waals surface area contributed by atoms with E-state index in [1.54, 1.807) is 55.9 Å². The van der Waals surface area contributed by atoms with Gasteiger partial charge in [0, 0.05) is 30.1 Å². The number of hydrogen-bond acceptors (Lipinski definition) is 6. The summed E-state index contributed by atoms with van der Waals surface area (Å²) in [7, 11) is -0.668. The van der Waals surface area contributed by atoms with Gasteiger partial charge >= 0.3 is 0 Å². The van der Waals surface area contributed by atoms with Crippen molar-refractivity contribution in [3.63, 3.8) is 0 Å². The maximum atomic E-state index is 13.5. The number of nitrogens with zero attached hydrogens (tertiary/aromatic N) is 1. The smallest absolute Gasteiger partial charge is 0.251 e. The third-order valence-corrected chi connectivity index (χ3v) is 8.02. The van der Waals surface area contributed by atoms with E-state index in [9.17, 15) is 13.2 Å². The Bertz CT molecular complexity index is 1570. The number of aryl methyl sites for hydroxylation is 2. The Labute approximate surface area is 229 Å². The Morgan fingerprint density at radius 3 is 2.44 bits per heavy atom. The summed E-state index contributed by atoms with van der Waals surface area (Å²) in [5.74, 6) is 0.624. The molecule has 4 rings (SSSR count). The van der Waals surface area contributed by atoms with Gasteiger partial charge in [-0.25, -0.2) is 8.42 Å². The molecule has 8 heteroatoms. The Morgan fingerprint density at radius 2 is 1.67 bits per heavy atom. The summed E-state index contributed by atoms with van der Waals surface area (Å²) in [6.07, 6.45) is 4.89. The number of benzene rings is 3. The summed E-state index contributed by atoms with van der Waals surface area (Å²) in [6.45, 7) is 2.44. The highest BCUT2D eigenvalue weighted by Crippen LogP contribution is 2.32. The molecule has 1 N–H and O–H groups in total. The monoisotopic (exact) mass is 544 g/mol. The summed E-state index contributed by atoms with van der Waals surface area (Å²) in [6, 6.07) is 21.7. The van der Waals surface area contributed by atoms with Crippen LogP contribution in [0.15, 0.2) is 90.1 Å². The largest absolute Gasteiger partial charge is 0.497 e. The highest BCUT2D eigenvalue weighted by atomic mass is 32.2. The number of rotatable bonds is 11. The third kappa shape index (κ3) is 7.23. The number of hydrogen-bond donors (Lipinski definition) is 1. The van der Waals surface area contributed by atoms with Crippen LogP contribution >= 0.6 is 0 Å². The molecular formula is C31H32N2O5S. The molecule has 1 amide bonds. The molecule has 0 unspecified atom stereocenters. The van der Waals surface area contributed by atoms with E-state index in [4.69, 9.17) is 9.47 Å². The molecule has 4 aromatic rings. The van der Waals surface area contributed by atoms with E-state index < -0.39 is 9.84 Å². The van der Waals surface area contributed by atoms with Gasteiger partial charge < -0.3 is 14.8 Å². The van der Waals surface area contributed by atoms with Crippen molar-refractivity contribution in [2.75, 3.05) is 20.8 Å². The minimum absolute atomic E-state index is 0.148. The van der Waals surface area contributed by atoms with Gasteiger partial charge in [-0.15, -0.1) is 0 Å². The van der Waals surface area contributed by atoms with Crippen LogP contribution in [0.5, 0.6) is 11.5 Å². The second-order valence-electron chi connectivity index (χ2n) is 9.29. The first kappa shape index (κ1) is 27.9. The third-order valence-electron chi connectivity index (χ3n) is 6.31. The van der Waals surface area contributed by atoms with Gasteiger partial charge in [-0.3, -0.25) is 9.78 Å². The van der Waals surface area contributed by atoms with Crippen molar-refractivity contribution in [2.45, 2.75) is 30.4 Å². The van der Waals surface area contributed by atoms with Crippen LogP contribution in [-0.4, -0.2) is 40.1 Å². The fourth-order valence-electron chi connectivity index (χ4n) is 4.35. The molecule has 0 spiro atoms. The highest BCUT2D eigenvalue weighted by molar-refractivity contribution is 7.90. The van der Waals surface area contributed by atoms with Crippen molar-refractivity contribution in [1.82, 2.24) is 10.3 Å². The van der Waals surface area contributed by atoms with E-state index >= 15 is 0 Å². The number of carbonyl (C=O) groups is 1. The van der Waals surface area contributed by atoms with Crippen molar-refractivity contribution < 1.29 is 22.7 Å². The zero-order valence-electron chi connectivity index (χ0n) is 22.3. The average Bonchev–Trinajstić information content (AvgIpc) is 2.95. The molecule has 0 fully saturated rings. The molecule has 0 saturated carbocycles.